The monoisotopic (exact) mass is 290 g/mol. The molecule has 0 bridgehead atoms. The van der Waals surface area contributed by atoms with Crippen LogP contribution in [0, 0.1) is 0 Å². The van der Waals surface area contributed by atoms with Crippen LogP contribution < -0.4 is 5.32 Å². The summed E-state index contributed by atoms with van der Waals surface area (Å²) in [4.78, 5) is 13.3. The van der Waals surface area contributed by atoms with Gasteiger partial charge in [-0.2, -0.15) is 17.0 Å². The van der Waals surface area contributed by atoms with Gasteiger partial charge in [-0.3, -0.25) is 0 Å². The Morgan fingerprint density at radius 2 is 1.53 bits per heavy atom. The van der Waals surface area contributed by atoms with Gasteiger partial charge in [-0.25, -0.2) is 4.79 Å². The zero-order valence-electron chi connectivity index (χ0n) is 11.3. The number of hydrogen-bond donors (Lipinski definition) is 1. The SMILES string of the molecule is CCNC(=O)N1CCN(S(=O)(=O)N2CCCC2)CC1. The van der Waals surface area contributed by atoms with Crippen LogP contribution in [-0.4, -0.2) is 73.8 Å². The molecular weight excluding hydrogens is 268 g/mol. The number of amides is 2. The molecule has 7 nitrogen and oxygen atoms in total. The molecule has 0 unspecified atom stereocenters. The van der Waals surface area contributed by atoms with Crippen molar-refractivity contribution in [1.29, 1.82) is 0 Å². The van der Waals surface area contributed by atoms with Crippen molar-refractivity contribution in [1.82, 2.24) is 18.8 Å². The molecule has 0 saturated carbocycles. The maximum atomic E-state index is 12.3. The summed E-state index contributed by atoms with van der Waals surface area (Å²) in [5, 5.41) is 2.73. The summed E-state index contributed by atoms with van der Waals surface area (Å²) in [6.07, 6.45) is 1.89. The molecule has 1 N–H and O–H groups in total. The second kappa shape index (κ2) is 6.06. The maximum Gasteiger partial charge on any atom is 0.317 e. The first-order chi connectivity index (χ1) is 9.05. The minimum absolute atomic E-state index is 0.110. The molecule has 0 spiro atoms. The molecule has 0 aromatic rings. The summed E-state index contributed by atoms with van der Waals surface area (Å²) < 4.78 is 27.7. The highest BCUT2D eigenvalue weighted by atomic mass is 32.2. The topological polar surface area (TPSA) is 73.0 Å². The van der Waals surface area contributed by atoms with Crippen molar-refractivity contribution in [3.63, 3.8) is 0 Å². The third-order valence-electron chi connectivity index (χ3n) is 3.57. The van der Waals surface area contributed by atoms with Gasteiger partial charge in [0.05, 0.1) is 0 Å². The molecule has 2 rings (SSSR count). The lowest BCUT2D eigenvalue weighted by Crippen LogP contribution is -2.55. The van der Waals surface area contributed by atoms with E-state index in [0.29, 0.717) is 45.8 Å². The molecule has 2 aliphatic heterocycles. The van der Waals surface area contributed by atoms with Gasteiger partial charge in [-0.05, 0) is 19.8 Å². The fraction of sp³-hybridized carbons (Fsp3) is 0.909. The fourth-order valence-electron chi connectivity index (χ4n) is 2.47. The second-order valence-electron chi connectivity index (χ2n) is 4.84. The molecule has 2 aliphatic rings. The van der Waals surface area contributed by atoms with Crippen molar-refractivity contribution in [2.75, 3.05) is 45.8 Å². The van der Waals surface area contributed by atoms with E-state index in [2.05, 4.69) is 5.32 Å². The lowest BCUT2D eigenvalue weighted by Gasteiger charge is -2.35. The minimum Gasteiger partial charge on any atom is -0.338 e. The Bertz CT molecular complexity index is 412. The number of carbonyl (C=O) groups is 1. The third-order valence-corrected chi connectivity index (χ3v) is 5.61. The van der Waals surface area contributed by atoms with Crippen molar-refractivity contribution in [3.8, 4) is 0 Å². The first-order valence-electron chi connectivity index (χ1n) is 6.83. The summed E-state index contributed by atoms with van der Waals surface area (Å²) in [7, 11) is -3.31. The van der Waals surface area contributed by atoms with Gasteiger partial charge in [-0.15, -0.1) is 0 Å². The molecule has 2 saturated heterocycles. The van der Waals surface area contributed by atoms with Crippen LogP contribution in [0.15, 0.2) is 0 Å². The summed E-state index contributed by atoms with van der Waals surface area (Å²) >= 11 is 0. The van der Waals surface area contributed by atoms with Gasteiger partial charge in [0.25, 0.3) is 10.2 Å². The van der Waals surface area contributed by atoms with Crippen LogP contribution >= 0.6 is 0 Å². The average Bonchev–Trinajstić information content (AvgIpc) is 2.94. The van der Waals surface area contributed by atoms with Crippen LogP contribution in [0.2, 0.25) is 0 Å². The van der Waals surface area contributed by atoms with E-state index in [9.17, 15) is 13.2 Å². The van der Waals surface area contributed by atoms with E-state index >= 15 is 0 Å². The largest absolute Gasteiger partial charge is 0.338 e. The van der Waals surface area contributed by atoms with E-state index in [1.165, 1.54) is 4.31 Å². The van der Waals surface area contributed by atoms with Crippen molar-refractivity contribution in [2.24, 2.45) is 0 Å². The minimum atomic E-state index is -3.31. The lowest BCUT2D eigenvalue weighted by atomic mass is 10.4. The van der Waals surface area contributed by atoms with Crippen LogP contribution in [0.25, 0.3) is 0 Å². The van der Waals surface area contributed by atoms with E-state index < -0.39 is 10.2 Å². The quantitative estimate of drug-likeness (QED) is 0.774. The molecular formula is C11H22N4O3S. The van der Waals surface area contributed by atoms with Crippen LogP contribution in [0.1, 0.15) is 19.8 Å². The number of nitrogens with one attached hydrogen (secondary N) is 1. The fourth-order valence-corrected chi connectivity index (χ4v) is 4.14. The summed E-state index contributed by atoms with van der Waals surface area (Å²) in [6.45, 7) is 5.39. The number of hydrogen-bond acceptors (Lipinski definition) is 3. The third kappa shape index (κ3) is 3.18. The highest BCUT2D eigenvalue weighted by molar-refractivity contribution is 7.86. The Hall–Kier alpha value is -0.860. The number of nitrogens with zero attached hydrogens (tertiary/aromatic N) is 3. The molecule has 2 fully saturated rings. The highest BCUT2D eigenvalue weighted by Gasteiger charge is 2.34. The molecule has 0 atom stereocenters. The number of urea groups is 1. The van der Waals surface area contributed by atoms with E-state index in [-0.39, 0.29) is 6.03 Å². The zero-order valence-corrected chi connectivity index (χ0v) is 12.2. The predicted octanol–water partition coefficient (Wildman–Crippen LogP) is -0.326. The van der Waals surface area contributed by atoms with E-state index in [4.69, 9.17) is 0 Å². The van der Waals surface area contributed by atoms with Crippen molar-refractivity contribution < 1.29 is 13.2 Å². The predicted molar refractivity (Wildman–Crippen MR) is 71.9 cm³/mol. The van der Waals surface area contributed by atoms with Crippen LogP contribution in [0.5, 0.6) is 0 Å². The molecule has 8 heteroatoms. The molecule has 0 aliphatic carbocycles. The zero-order chi connectivity index (χ0) is 13.9. The van der Waals surface area contributed by atoms with Crippen LogP contribution in [0.4, 0.5) is 4.79 Å². The summed E-state index contributed by atoms with van der Waals surface area (Å²) in [6, 6.07) is -0.110. The van der Waals surface area contributed by atoms with Crippen LogP contribution in [0.3, 0.4) is 0 Å². The Balaban J connectivity index is 1.90. The normalized spacial score (nSPS) is 22.7. The first-order valence-corrected chi connectivity index (χ1v) is 8.23. The van der Waals surface area contributed by atoms with Gasteiger partial charge in [0.1, 0.15) is 0 Å². The summed E-state index contributed by atoms with van der Waals surface area (Å²) in [5.74, 6) is 0. The van der Waals surface area contributed by atoms with Gasteiger partial charge in [0.15, 0.2) is 0 Å². The molecule has 0 radical (unpaired) electrons. The Kier molecular flexibility index (Phi) is 4.64. The number of piperazine rings is 1. The van der Waals surface area contributed by atoms with Gasteiger partial charge in [0, 0.05) is 45.8 Å². The van der Waals surface area contributed by atoms with Crippen molar-refractivity contribution in [2.45, 2.75) is 19.8 Å². The smallest absolute Gasteiger partial charge is 0.317 e. The van der Waals surface area contributed by atoms with Gasteiger partial charge in [0.2, 0.25) is 0 Å². The summed E-state index contributed by atoms with van der Waals surface area (Å²) in [5.41, 5.74) is 0. The lowest BCUT2D eigenvalue weighted by molar-refractivity contribution is 0.170. The van der Waals surface area contributed by atoms with Crippen LogP contribution in [-0.2, 0) is 10.2 Å². The molecule has 19 heavy (non-hydrogen) atoms. The molecule has 2 heterocycles. The number of carbonyl (C=O) groups excluding carboxylic acids is 1. The van der Waals surface area contributed by atoms with E-state index in [1.807, 2.05) is 6.92 Å². The molecule has 2 amide bonds. The average molecular weight is 290 g/mol. The standard InChI is InChI=1S/C11H22N4O3S/c1-2-12-11(16)13-7-9-15(10-8-13)19(17,18)14-5-3-4-6-14/h2-10H2,1H3,(H,12,16). The Labute approximate surface area is 114 Å². The van der Waals surface area contributed by atoms with Gasteiger partial charge in [-0.1, -0.05) is 0 Å². The van der Waals surface area contributed by atoms with Gasteiger partial charge >= 0.3 is 6.03 Å². The maximum absolute atomic E-state index is 12.3. The Morgan fingerprint density at radius 3 is 2.05 bits per heavy atom. The van der Waals surface area contributed by atoms with E-state index in [1.54, 1.807) is 9.21 Å². The molecule has 0 aromatic heterocycles. The number of rotatable bonds is 3. The highest BCUT2D eigenvalue weighted by Crippen LogP contribution is 2.17. The van der Waals surface area contributed by atoms with Crippen molar-refractivity contribution >= 4 is 16.2 Å². The molecule has 0 aromatic carbocycles. The first kappa shape index (κ1) is 14.5. The van der Waals surface area contributed by atoms with E-state index in [0.717, 1.165) is 12.8 Å². The Morgan fingerprint density at radius 1 is 1.00 bits per heavy atom. The molecule has 110 valence electrons. The second-order valence-corrected chi connectivity index (χ2v) is 6.76. The van der Waals surface area contributed by atoms with Gasteiger partial charge < -0.3 is 10.2 Å². The van der Waals surface area contributed by atoms with Crippen molar-refractivity contribution in [3.05, 3.63) is 0 Å².